The SMILES string of the molecule is CC(C)CNC(C(=O)O)c1ccc2c(c1)OCCCO2. The molecule has 0 bridgehead atoms. The molecular weight excluding hydrogens is 258 g/mol. The lowest BCUT2D eigenvalue weighted by Gasteiger charge is -2.18. The minimum atomic E-state index is -0.889. The Morgan fingerprint density at radius 2 is 2.00 bits per heavy atom. The molecule has 110 valence electrons. The second-order valence-corrected chi connectivity index (χ2v) is 5.33. The predicted molar refractivity (Wildman–Crippen MR) is 75.3 cm³/mol. The number of carboxylic acids is 1. The van der Waals surface area contributed by atoms with E-state index in [-0.39, 0.29) is 0 Å². The summed E-state index contributed by atoms with van der Waals surface area (Å²) in [6.45, 7) is 5.94. The quantitative estimate of drug-likeness (QED) is 0.865. The number of nitrogens with one attached hydrogen (secondary N) is 1. The highest BCUT2D eigenvalue weighted by Gasteiger charge is 2.22. The first-order chi connectivity index (χ1) is 9.58. The number of rotatable bonds is 5. The number of fused-ring (bicyclic) bond motifs is 1. The second kappa shape index (κ2) is 6.61. The maximum atomic E-state index is 11.4. The fourth-order valence-corrected chi connectivity index (χ4v) is 2.06. The normalized spacial score (nSPS) is 15.8. The first-order valence-electron chi connectivity index (χ1n) is 6.93. The highest BCUT2D eigenvalue weighted by Crippen LogP contribution is 2.32. The summed E-state index contributed by atoms with van der Waals surface area (Å²) < 4.78 is 11.1. The summed E-state index contributed by atoms with van der Waals surface area (Å²) in [7, 11) is 0. The van der Waals surface area contributed by atoms with Crippen LogP contribution in [0.2, 0.25) is 0 Å². The Labute approximate surface area is 118 Å². The van der Waals surface area contributed by atoms with Crippen LogP contribution in [0.3, 0.4) is 0 Å². The van der Waals surface area contributed by atoms with Crippen molar-refractivity contribution in [1.82, 2.24) is 5.32 Å². The maximum absolute atomic E-state index is 11.4. The molecule has 0 saturated carbocycles. The summed E-state index contributed by atoms with van der Waals surface area (Å²) in [6, 6.07) is 4.59. The molecule has 0 saturated heterocycles. The van der Waals surface area contributed by atoms with Gasteiger partial charge in [0.15, 0.2) is 11.5 Å². The Morgan fingerprint density at radius 3 is 2.65 bits per heavy atom. The molecule has 0 spiro atoms. The van der Waals surface area contributed by atoms with E-state index in [1.165, 1.54) is 0 Å². The molecular formula is C15H21NO4. The molecule has 2 rings (SSSR count). The van der Waals surface area contributed by atoms with Crippen molar-refractivity contribution >= 4 is 5.97 Å². The van der Waals surface area contributed by atoms with E-state index in [4.69, 9.17) is 9.47 Å². The number of hydrogen-bond acceptors (Lipinski definition) is 4. The molecule has 0 aliphatic carbocycles. The van der Waals surface area contributed by atoms with E-state index in [1.54, 1.807) is 18.2 Å². The fraction of sp³-hybridized carbons (Fsp3) is 0.533. The van der Waals surface area contributed by atoms with Crippen LogP contribution in [-0.4, -0.2) is 30.8 Å². The number of aliphatic carboxylic acids is 1. The molecule has 0 amide bonds. The minimum Gasteiger partial charge on any atom is -0.490 e. The van der Waals surface area contributed by atoms with Gasteiger partial charge in [-0.15, -0.1) is 0 Å². The van der Waals surface area contributed by atoms with Crippen molar-refractivity contribution in [1.29, 1.82) is 0 Å². The van der Waals surface area contributed by atoms with Crippen LogP contribution < -0.4 is 14.8 Å². The Kier molecular flexibility index (Phi) is 4.84. The van der Waals surface area contributed by atoms with Crippen LogP contribution in [0.15, 0.2) is 18.2 Å². The zero-order valence-electron chi connectivity index (χ0n) is 11.9. The van der Waals surface area contributed by atoms with Crippen molar-refractivity contribution in [2.75, 3.05) is 19.8 Å². The largest absolute Gasteiger partial charge is 0.490 e. The van der Waals surface area contributed by atoms with Crippen molar-refractivity contribution < 1.29 is 19.4 Å². The van der Waals surface area contributed by atoms with E-state index >= 15 is 0 Å². The van der Waals surface area contributed by atoms with Crippen LogP contribution >= 0.6 is 0 Å². The molecule has 5 heteroatoms. The predicted octanol–water partition coefficient (Wildman–Crippen LogP) is 2.22. The van der Waals surface area contributed by atoms with Crippen LogP contribution in [0.4, 0.5) is 0 Å². The molecule has 2 N–H and O–H groups in total. The molecule has 1 aromatic rings. The van der Waals surface area contributed by atoms with Gasteiger partial charge in [-0.25, -0.2) is 0 Å². The lowest BCUT2D eigenvalue weighted by atomic mass is 10.1. The molecule has 1 aliphatic heterocycles. The molecule has 20 heavy (non-hydrogen) atoms. The van der Waals surface area contributed by atoms with Crippen LogP contribution in [0.1, 0.15) is 31.9 Å². The Balaban J connectivity index is 2.20. The highest BCUT2D eigenvalue weighted by molar-refractivity contribution is 5.76. The third-order valence-corrected chi connectivity index (χ3v) is 3.08. The van der Waals surface area contributed by atoms with Gasteiger partial charge in [0.2, 0.25) is 0 Å². The van der Waals surface area contributed by atoms with Gasteiger partial charge in [-0.3, -0.25) is 4.79 Å². The average Bonchev–Trinajstić information content (AvgIpc) is 2.62. The number of hydrogen-bond donors (Lipinski definition) is 2. The van der Waals surface area contributed by atoms with Gasteiger partial charge in [0, 0.05) is 6.42 Å². The average molecular weight is 279 g/mol. The summed E-state index contributed by atoms with van der Waals surface area (Å²) in [5, 5.41) is 12.4. The molecule has 0 radical (unpaired) electrons. The molecule has 1 atom stereocenters. The molecule has 0 fully saturated rings. The summed E-state index contributed by atoms with van der Waals surface area (Å²) >= 11 is 0. The smallest absolute Gasteiger partial charge is 0.325 e. The number of carboxylic acid groups (broad SMARTS) is 1. The van der Waals surface area contributed by atoms with E-state index in [9.17, 15) is 9.90 Å². The van der Waals surface area contributed by atoms with Crippen molar-refractivity contribution in [3.05, 3.63) is 23.8 Å². The molecule has 1 heterocycles. The zero-order valence-corrected chi connectivity index (χ0v) is 11.9. The van der Waals surface area contributed by atoms with E-state index in [0.717, 1.165) is 6.42 Å². The zero-order chi connectivity index (χ0) is 14.5. The van der Waals surface area contributed by atoms with Gasteiger partial charge in [0.05, 0.1) is 13.2 Å². The van der Waals surface area contributed by atoms with Crippen LogP contribution in [-0.2, 0) is 4.79 Å². The van der Waals surface area contributed by atoms with Gasteiger partial charge in [0.25, 0.3) is 0 Å². The summed E-state index contributed by atoms with van der Waals surface area (Å²) in [6.07, 6.45) is 0.831. The Hall–Kier alpha value is -1.75. The Bertz CT molecular complexity index is 473. The Morgan fingerprint density at radius 1 is 1.30 bits per heavy atom. The first kappa shape index (κ1) is 14.7. The third kappa shape index (κ3) is 3.63. The number of carbonyl (C=O) groups is 1. The lowest BCUT2D eigenvalue weighted by Crippen LogP contribution is -2.31. The van der Waals surface area contributed by atoms with Gasteiger partial charge in [-0.1, -0.05) is 19.9 Å². The summed E-state index contributed by atoms with van der Waals surface area (Å²) in [5.41, 5.74) is 0.683. The molecule has 5 nitrogen and oxygen atoms in total. The molecule has 0 aromatic heterocycles. The van der Waals surface area contributed by atoms with Gasteiger partial charge in [-0.2, -0.15) is 0 Å². The van der Waals surface area contributed by atoms with E-state index in [2.05, 4.69) is 5.32 Å². The summed E-state index contributed by atoms with van der Waals surface area (Å²) in [5.74, 6) is 0.800. The van der Waals surface area contributed by atoms with Crippen LogP contribution in [0, 0.1) is 5.92 Å². The third-order valence-electron chi connectivity index (χ3n) is 3.08. The maximum Gasteiger partial charge on any atom is 0.325 e. The molecule has 1 aliphatic rings. The standard InChI is InChI=1S/C15H21NO4/c1-10(2)9-16-14(15(17)18)11-4-5-12-13(8-11)20-7-3-6-19-12/h4-5,8,10,14,16H,3,6-7,9H2,1-2H3,(H,17,18). The van der Waals surface area contributed by atoms with Crippen LogP contribution in [0.25, 0.3) is 0 Å². The van der Waals surface area contributed by atoms with Crippen molar-refractivity contribution in [3.63, 3.8) is 0 Å². The van der Waals surface area contributed by atoms with Gasteiger partial charge in [-0.05, 0) is 30.2 Å². The molecule has 1 unspecified atom stereocenters. The fourth-order valence-electron chi connectivity index (χ4n) is 2.06. The van der Waals surface area contributed by atoms with E-state index in [1.807, 2.05) is 13.8 Å². The van der Waals surface area contributed by atoms with Crippen LogP contribution in [0.5, 0.6) is 11.5 Å². The van der Waals surface area contributed by atoms with E-state index in [0.29, 0.717) is 42.7 Å². The lowest BCUT2D eigenvalue weighted by molar-refractivity contribution is -0.139. The minimum absolute atomic E-state index is 0.386. The van der Waals surface area contributed by atoms with Crippen molar-refractivity contribution in [2.24, 2.45) is 5.92 Å². The first-order valence-corrected chi connectivity index (χ1v) is 6.93. The topological polar surface area (TPSA) is 67.8 Å². The number of benzene rings is 1. The van der Waals surface area contributed by atoms with Gasteiger partial charge < -0.3 is 19.9 Å². The highest BCUT2D eigenvalue weighted by atomic mass is 16.5. The van der Waals surface area contributed by atoms with E-state index < -0.39 is 12.0 Å². The van der Waals surface area contributed by atoms with Gasteiger partial charge in [0.1, 0.15) is 6.04 Å². The second-order valence-electron chi connectivity index (χ2n) is 5.33. The van der Waals surface area contributed by atoms with Gasteiger partial charge >= 0.3 is 5.97 Å². The molecule has 1 aromatic carbocycles. The number of ether oxygens (including phenoxy) is 2. The monoisotopic (exact) mass is 279 g/mol. The van der Waals surface area contributed by atoms with Crippen molar-refractivity contribution in [2.45, 2.75) is 26.3 Å². The summed E-state index contributed by atoms with van der Waals surface area (Å²) in [4.78, 5) is 11.4. The van der Waals surface area contributed by atoms with Crippen molar-refractivity contribution in [3.8, 4) is 11.5 Å².